The third-order valence-corrected chi connectivity index (χ3v) is 2.24. The Labute approximate surface area is 89.2 Å². The topological polar surface area (TPSA) is 38.3 Å². The molecular formula is C10H8F3NO2. The fourth-order valence-electron chi connectivity index (χ4n) is 1.45. The van der Waals surface area contributed by atoms with E-state index in [1.54, 1.807) is 0 Å². The zero-order valence-corrected chi connectivity index (χ0v) is 8.26. The van der Waals surface area contributed by atoms with Crippen molar-refractivity contribution in [3.8, 4) is 5.75 Å². The van der Waals surface area contributed by atoms with Crippen LogP contribution in [0.2, 0.25) is 0 Å². The van der Waals surface area contributed by atoms with Crippen LogP contribution in [0.1, 0.15) is 12.5 Å². The lowest BCUT2D eigenvalue weighted by Gasteiger charge is -2.25. The summed E-state index contributed by atoms with van der Waals surface area (Å²) in [6.45, 7) is 1.39. The molecule has 3 nitrogen and oxygen atoms in total. The average molecular weight is 231 g/mol. The Balaban J connectivity index is 2.53. The van der Waals surface area contributed by atoms with Crippen LogP contribution in [0.4, 0.5) is 18.9 Å². The molecule has 16 heavy (non-hydrogen) atoms. The molecule has 0 saturated heterocycles. The Bertz CT molecular complexity index is 442. The SMILES string of the molecule is CC1Oc2c(cccc2C(F)(F)F)NC1=O. The first-order chi connectivity index (χ1) is 7.39. The Morgan fingerprint density at radius 1 is 1.38 bits per heavy atom. The van der Waals surface area contributed by atoms with Gasteiger partial charge in [0.1, 0.15) is 0 Å². The van der Waals surface area contributed by atoms with Gasteiger partial charge in [0.2, 0.25) is 0 Å². The van der Waals surface area contributed by atoms with E-state index < -0.39 is 23.8 Å². The third-order valence-electron chi connectivity index (χ3n) is 2.24. The van der Waals surface area contributed by atoms with Crippen molar-refractivity contribution in [3.05, 3.63) is 23.8 Å². The van der Waals surface area contributed by atoms with Crippen molar-refractivity contribution in [2.45, 2.75) is 19.2 Å². The van der Waals surface area contributed by atoms with Crippen LogP contribution in [-0.2, 0) is 11.0 Å². The molecule has 1 N–H and O–H groups in total. The van der Waals surface area contributed by atoms with E-state index in [0.717, 1.165) is 6.07 Å². The average Bonchev–Trinajstić information content (AvgIpc) is 2.17. The van der Waals surface area contributed by atoms with Crippen molar-refractivity contribution in [1.82, 2.24) is 0 Å². The van der Waals surface area contributed by atoms with Gasteiger partial charge in [0, 0.05) is 0 Å². The standard InChI is InChI=1S/C10H8F3NO2/c1-5-9(15)14-7-4-2-3-6(8(7)16-5)10(11,12)13/h2-5H,1H3,(H,14,15). The molecule has 0 bridgehead atoms. The van der Waals surface area contributed by atoms with Gasteiger partial charge in [-0.2, -0.15) is 13.2 Å². The first kappa shape index (κ1) is 10.8. The molecule has 0 saturated carbocycles. The summed E-state index contributed by atoms with van der Waals surface area (Å²) in [5, 5.41) is 2.36. The van der Waals surface area contributed by atoms with Crippen LogP contribution < -0.4 is 10.1 Å². The minimum atomic E-state index is -4.49. The Kier molecular flexibility index (Phi) is 2.29. The summed E-state index contributed by atoms with van der Waals surface area (Å²) in [7, 11) is 0. The number of para-hydroxylation sites is 1. The number of amides is 1. The van der Waals surface area contributed by atoms with Crippen LogP contribution in [-0.4, -0.2) is 12.0 Å². The molecule has 1 amide bonds. The first-order valence-electron chi connectivity index (χ1n) is 4.57. The predicted octanol–water partition coefficient (Wildman–Crippen LogP) is 2.42. The van der Waals surface area contributed by atoms with E-state index in [1.165, 1.54) is 19.1 Å². The second-order valence-electron chi connectivity index (χ2n) is 3.43. The zero-order valence-electron chi connectivity index (χ0n) is 8.26. The molecule has 86 valence electrons. The van der Waals surface area contributed by atoms with Crippen LogP contribution in [0.3, 0.4) is 0 Å². The number of benzene rings is 1. The van der Waals surface area contributed by atoms with Gasteiger partial charge < -0.3 is 10.1 Å². The van der Waals surface area contributed by atoms with E-state index in [9.17, 15) is 18.0 Å². The second-order valence-corrected chi connectivity index (χ2v) is 3.43. The molecule has 1 unspecified atom stereocenters. The minimum Gasteiger partial charge on any atom is -0.478 e. The van der Waals surface area contributed by atoms with E-state index >= 15 is 0 Å². The number of carbonyl (C=O) groups is 1. The molecule has 2 rings (SSSR count). The molecular weight excluding hydrogens is 223 g/mol. The molecule has 1 aromatic carbocycles. The lowest BCUT2D eigenvalue weighted by molar-refractivity contribution is -0.140. The van der Waals surface area contributed by atoms with Crippen molar-refractivity contribution in [2.75, 3.05) is 5.32 Å². The molecule has 0 aromatic heterocycles. The number of anilines is 1. The largest absolute Gasteiger partial charge is 0.478 e. The van der Waals surface area contributed by atoms with Gasteiger partial charge in [-0.3, -0.25) is 4.79 Å². The summed E-state index contributed by atoms with van der Waals surface area (Å²) in [5.74, 6) is -0.770. The van der Waals surface area contributed by atoms with Gasteiger partial charge >= 0.3 is 6.18 Å². The number of halogens is 3. The summed E-state index contributed by atoms with van der Waals surface area (Å²) in [6.07, 6.45) is -5.41. The lowest BCUT2D eigenvalue weighted by atomic mass is 10.1. The predicted molar refractivity (Wildman–Crippen MR) is 50.2 cm³/mol. The zero-order chi connectivity index (χ0) is 11.9. The normalized spacial score (nSPS) is 19.8. The van der Waals surface area contributed by atoms with E-state index in [1.807, 2.05) is 0 Å². The van der Waals surface area contributed by atoms with E-state index in [2.05, 4.69) is 5.32 Å². The quantitative estimate of drug-likeness (QED) is 0.744. The van der Waals surface area contributed by atoms with Crippen LogP contribution in [0.5, 0.6) is 5.75 Å². The van der Waals surface area contributed by atoms with Crippen molar-refractivity contribution in [1.29, 1.82) is 0 Å². The van der Waals surface area contributed by atoms with Crippen LogP contribution >= 0.6 is 0 Å². The highest BCUT2D eigenvalue weighted by Crippen LogP contribution is 2.42. The van der Waals surface area contributed by atoms with Gasteiger partial charge in [-0.15, -0.1) is 0 Å². The highest BCUT2D eigenvalue weighted by Gasteiger charge is 2.38. The number of fused-ring (bicyclic) bond motifs is 1. The molecule has 0 aliphatic carbocycles. The number of carbonyl (C=O) groups excluding carboxylic acids is 1. The minimum absolute atomic E-state index is 0.0536. The molecule has 1 aliphatic rings. The highest BCUT2D eigenvalue weighted by molar-refractivity contribution is 5.97. The maximum Gasteiger partial charge on any atom is 0.420 e. The van der Waals surface area contributed by atoms with E-state index in [-0.39, 0.29) is 11.4 Å². The lowest BCUT2D eigenvalue weighted by Crippen LogP contribution is -2.35. The smallest absolute Gasteiger partial charge is 0.420 e. The van der Waals surface area contributed by atoms with Crippen LogP contribution in [0, 0.1) is 0 Å². The van der Waals surface area contributed by atoms with Crippen molar-refractivity contribution >= 4 is 11.6 Å². The molecule has 0 fully saturated rings. The van der Waals surface area contributed by atoms with Gasteiger partial charge in [-0.25, -0.2) is 0 Å². The van der Waals surface area contributed by atoms with Gasteiger partial charge in [0.15, 0.2) is 11.9 Å². The summed E-state index contributed by atoms with van der Waals surface area (Å²) in [4.78, 5) is 11.2. The molecule has 6 heteroatoms. The van der Waals surface area contributed by atoms with Crippen molar-refractivity contribution in [3.63, 3.8) is 0 Å². The second kappa shape index (κ2) is 3.40. The summed E-state index contributed by atoms with van der Waals surface area (Å²) >= 11 is 0. The number of nitrogens with one attached hydrogen (secondary N) is 1. The summed E-state index contributed by atoms with van der Waals surface area (Å²) in [5.41, 5.74) is -0.824. The molecule has 1 atom stereocenters. The van der Waals surface area contributed by atoms with Gasteiger partial charge in [0.25, 0.3) is 5.91 Å². The molecule has 0 radical (unpaired) electrons. The molecule has 1 heterocycles. The van der Waals surface area contributed by atoms with E-state index in [0.29, 0.717) is 0 Å². The molecule has 1 aromatic rings. The number of rotatable bonds is 0. The summed E-state index contributed by atoms with van der Waals surface area (Å²) in [6, 6.07) is 3.51. The molecule has 1 aliphatic heterocycles. The maximum absolute atomic E-state index is 12.6. The first-order valence-corrected chi connectivity index (χ1v) is 4.57. The van der Waals surface area contributed by atoms with Gasteiger partial charge in [0.05, 0.1) is 11.3 Å². The Morgan fingerprint density at radius 3 is 2.69 bits per heavy atom. The van der Waals surface area contributed by atoms with Gasteiger partial charge in [-0.05, 0) is 19.1 Å². The number of ether oxygens (including phenoxy) is 1. The molecule has 0 spiro atoms. The summed E-state index contributed by atoms with van der Waals surface area (Å²) < 4.78 is 42.8. The van der Waals surface area contributed by atoms with Gasteiger partial charge in [-0.1, -0.05) is 6.07 Å². The van der Waals surface area contributed by atoms with Crippen LogP contribution in [0.25, 0.3) is 0 Å². The number of hydrogen-bond acceptors (Lipinski definition) is 2. The Morgan fingerprint density at radius 2 is 2.06 bits per heavy atom. The fourth-order valence-corrected chi connectivity index (χ4v) is 1.45. The number of alkyl halides is 3. The Hall–Kier alpha value is -1.72. The third kappa shape index (κ3) is 1.70. The monoisotopic (exact) mass is 231 g/mol. The maximum atomic E-state index is 12.6. The van der Waals surface area contributed by atoms with E-state index in [4.69, 9.17) is 4.74 Å². The highest BCUT2D eigenvalue weighted by atomic mass is 19.4. The van der Waals surface area contributed by atoms with Crippen molar-refractivity contribution in [2.24, 2.45) is 0 Å². The number of hydrogen-bond donors (Lipinski definition) is 1. The van der Waals surface area contributed by atoms with Crippen molar-refractivity contribution < 1.29 is 22.7 Å². The fraction of sp³-hybridized carbons (Fsp3) is 0.300. The van der Waals surface area contributed by atoms with Crippen LogP contribution in [0.15, 0.2) is 18.2 Å².